The summed E-state index contributed by atoms with van der Waals surface area (Å²) in [7, 11) is 3.87. The molecule has 3 heterocycles. The lowest BCUT2D eigenvalue weighted by atomic mass is 10.2. The van der Waals surface area contributed by atoms with Gasteiger partial charge >= 0.3 is 0 Å². The van der Waals surface area contributed by atoms with Crippen LogP contribution in [0.4, 0.5) is 23.1 Å². The van der Waals surface area contributed by atoms with Crippen molar-refractivity contribution in [1.29, 1.82) is 0 Å². The molecule has 0 aliphatic rings. The topological polar surface area (TPSA) is 76.2 Å². The maximum Gasteiger partial charge on any atom is 0.250 e. The van der Waals surface area contributed by atoms with Crippen LogP contribution < -0.4 is 10.2 Å². The van der Waals surface area contributed by atoms with Gasteiger partial charge in [0.1, 0.15) is 0 Å². The Morgan fingerprint density at radius 3 is 2.67 bits per heavy atom. The van der Waals surface area contributed by atoms with Crippen LogP contribution in [0.3, 0.4) is 0 Å². The van der Waals surface area contributed by atoms with E-state index >= 15 is 0 Å². The van der Waals surface area contributed by atoms with Crippen LogP contribution in [0, 0.1) is 6.92 Å². The first-order valence-electron chi connectivity index (χ1n) is 10.2. The van der Waals surface area contributed by atoms with E-state index in [9.17, 15) is 0 Å². The van der Waals surface area contributed by atoms with Crippen LogP contribution in [-0.2, 0) is 7.05 Å². The molecule has 10 heteroatoms. The van der Waals surface area contributed by atoms with Crippen molar-refractivity contribution in [1.82, 2.24) is 29.1 Å². The highest BCUT2D eigenvalue weighted by Crippen LogP contribution is 2.35. The Balaban J connectivity index is 1.42. The molecule has 3 aromatic heterocycles. The molecule has 2 aromatic carbocycles. The number of benzene rings is 2. The summed E-state index contributed by atoms with van der Waals surface area (Å²) in [4.78, 5) is 16.4. The normalized spacial score (nSPS) is 11.2. The number of aromatic nitrogens is 6. The quantitative estimate of drug-likeness (QED) is 0.347. The standard InChI is InChI=1S/C23H21ClN8S/c1-15-5-4-6-16(13-15)27-20-21-28-22(29-32(21)12-10-25-20)31(3)17-7-8-19(18(24)14-17)33-23-26-9-11-30(23)2/h4-14H,1-3H3,(H,25,27). The van der Waals surface area contributed by atoms with Gasteiger partial charge in [0.2, 0.25) is 11.6 Å². The highest BCUT2D eigenvalue weighted by molar-refractivity contribution is 7.99. The SMILES string of the molecule is Cc1cccc(Nc2nccn3nc(N(C)c4ccc(Sc5nccn5C)c(Cl)c4)nc23)c1. The zero-order valence-electron chi connectivity index (χ0n) is 18.3. The van der Waals surface area contributed by atoms with Gasteiger partial charge in [0, 0.05) is 55.2 Å². The second-order valence-corrected chi connectivity index (χ2v) is 8.96. The van der Waals surface area contributed by atoms with Gasteiger partial charge in [0.05, 0.1) is 5.02 Å². The highest BCUT2D eigenvalue weighted by Gasteiger charge is 2.16. The largest absolute Gasteiger partial charge is 0.337 e. The molecular weight excluding hydrogens is 456 g/mol. The van der Waals surface area contributed by atoms with Crippen molar-refractivity contribution in [3.63, 3.8) is 0 Å². The van der Waals surface area contributed by atoms with Crippen LogP contribution in [0.1, 0.15) is 5.56 Å². The van der Waals surface area contributed by atoms with Crippen LogP contribution >= 0.6 is 23.4 Å². The molecule has 5 aromatic rings. The van der Waals surface area contributed by atoms with Crippen LogP contribution in [0.25, 0.3) is 5.65 Å². The number of aryl methyl sites for hydroxylation is 2. The number of hydrogen-bond acceptors (Lipinski definition) is 7. The third-order valence-corrected chi connectivity index (χ3v) is 6.68. The number of rotatable bonds is 6. The fraction of sp³-hybridized carbons (Fsp3) is 0.130. The van der Waals surface area contributed by atoms with Gasteiger partial charge in [-0.2, -0.15) is 4.98 Å². The Morgan fingerprint density at radius 1 is 1.06 bits per heavy atom. The lowest BCUT2D eigenvalue weighted by Crippen LogP contribution is -2.11. The van der Waals surface area contributed by atoms with E-state index in [0.29, 0.717) is 22.4 Å². The van der Waals surface area contributed by atoms with Gasteiger partial charge in [0.25, 0.3) is 0 Å². The summed E-state index contributed by atoms with van der Waals surface area (Å²) < 4.78 is 3.67. The highest BCUT2D eigenvalue weighted by atomic mass is 35.5. The van der Waals surface area contributed by atoms with Crippen molar-refractivity contribution in [2.24, 2.45) is 7.05 Å². The lowest BCUT2D eigenvalue weighted by molar-refractivity contribution is 0.790. The smallest absolute Gasteiger partial charge is 0.250 e. The minimum Gasteiger partial charge on any atom is -0.337 e. The van der Waals surface area contributed by atoms with Crippen molar-refractivity contribution < 1.29 is 0 Å². The van der Waals surface area contributed by atoms with E-state index in [-0.39, 0.29) is 0 Å². The van der Waals surface area contributed by atoms with Gasteiger partial charge in [-0.25, -0.2) is 14.5 Å². The summed E-state index contributed by atoms with van der Waals surface area (Å²) in [6.45, 7) is 2.05. The molecule has 0 radical (unpaired) electrons. The molecule has 0 aliphatic carbocycles. The van der Waals surface area contributed by atoms with Gasteiger partial charge in [0.15, 0.2) is 11.0 Å². The molecule has 0 spiro atoms. The molecule has 1 N–H and O–H groups in total. The summed E-state index contributed by atoms with van der Waals surface area (Å²) >= 11 is 8.11. The van der Waals surface area contributed by atoms with Crippen LogP contribution in [-0.4, -0.2) is 36.2 Å². The molecule has 33 heavy (non-hydrogen) atoms. The maximum atomic E-state index is 6.59. The Morgan fingerprint density at radius 2 is 1.91 bits per heavy atom. The summed E-state index contributed by atoms with van der Waals surface area (Å²) in [6.07, 6.45) is 7.15. The number of nitrogens with zero attached hydrogens (tertiary/aromatic N) is 7. The minimum absolute atomic E-state index is 0.538. The van der Waals surface area contributed by atoms with Crippen LogP contribution in [0.5, 0.6) is 0 Å². The predicted octanol–water partition coefficient (Wildman–Crippen LogP) is 5.48. The Hall–Kier alpha value is -3.56. The molecule has 8 nitrogen and oxygen atoms in total. The molecule has 0 saturated carbocycles. The number of halogens is 1. The van der Waals surface area contributed by atoms with Crippen molar-refractivity contribution in [2.45, 2.75) is 17.0 Å². The first kappa shape index (κ1) is 21.3. The van der Waals surface area contributed by atoms with Crippen molar-refractivity contribution in [3.8, 4) is 0 Å². The number of imidazole rings is 1. The molecule has 0 fully saturated rings. The zero-order chi connectivity index (χ0) is 22.9. The first-order chi connectivity index (χ1) is 16.0. The Labute approximate surface area is 200 Å². The van der Waals surface area contributed by atoms with E-state index in [4.69, 9.17) is 16.6 Å². The summed E-state index contributed by atoms with van der Waals surface area (Å²) in [5.41, 5.74) is 3.62. The molecule has 166 valence electrons. The van der Waals surface area contributed by atoms with E-state index < -0.39 is 0 Å². The second-order valence-electron chi connectivity index (χ2n) is 7.55. The molecule has 0 aliphatic heterocycles. The fourth-order valence-corrected chi connectivity index (χ4v) is 4.44. The van der Waals surface area contributed by atoms with E-state index in [1.165, 1.54) is 11.8 Å². The lowest BCUT2D eigenvalue weighted by Gasteiger charge is -2.16. The summed E-state index contributed by atoms with van der Waals surface area (Å²) in [5, 5.41) is 9.47. The molecule has 0 atom stereocenters. The Bertz CT molecular complexity index is 1440. The van der Waals surface area contributed by atoms with E-state index in [0.717, 1.165) is 27.0 Å². The van der Waals surface area contributed by atoms with Gasteiger partial charge < -0.3 is 14.8 Å². The molecule has 5 rings (SSSR count). The van der Waals surface area contributed by atoms with Crippen LogP contribution in [0.2, 0.25) is 5.02 Å². The zero-order valence-corrected chi connectivity index (χ0v) is 19.8. The van der Waals surface area contributed by atoms with Gasteiger partial charge in [-0.05, 0) is 42.8 Å². The van der Waals surface area contributed by atoms with Gasteiger partial charge in [-0.1, -0.05) is 35.5 Å². The van der Waals surface area contributed by atoms with E-state index in [1.54, 1.807) is 23.1 Å². The van der Waals surface area contributed by atoms with Gasteiger partial charge in [-0.3, -0.25) is 0 Å². The molecule has 0 amide bonds. The molecular formula is C23H21ClN8S. The minimum atomic E-state index is 0.538. The molecule has 0 unspecified atom stereocenters. The number of fused-ring (bicyclic) bond motifs is 1. The van der Waals surface area contributed by atoms with Gasteiger partial charge in [-0.15, -0.1) is 5.10 Å². The average molecular weight is 477 g/mol. The second kappa shape index (κ2) is 8.76. The monoisotopic (exact) mass is 476 g/mol. The maximum absolute atomic E-state index is 6.59. The summed E-state index contributed by atoms with van der Waals surface area (Å²) in [5.74, 6) is 1.17. The molecule has 0 saturated heterocycles. The number of hydrogen-bond donors (Lipinski definition) is 1. The number of anilines is 4. The van der Waals surface area contributed by atoms with E-state index in [2.05, 4.69) is 39.4 Å². The number of nitrogens with one attached hydrogen (secondary N) is 1. The predicted molar refractivity (Wildman–Crippen MR) is 132 cm³/mol. The van der Waals surface area contributed by atoms with Crippen LogP contribution in [0.15, 0.2) is 77.3 Å². The van der Waals surface area contributed by atoms with Crippen molar-refractivity contribution >= 4 is 52.2 Å². The average Bonchev–Trinajstić information content (AvgIpc) is 3.41. The van der Waals surface area contributed by atoms with Crippen molar-refractivity contribution in [2.75, 3.05) is 17.3 Å². The third kappa shape index (κ3) is 4.37. The van der Waals surface area contributed by atoms with E-state index in [1.807, 2.05) is 60.1 Å². The fourth-order valence-electron chi connectivity index (χ4n) is 3.34. The Kier molecular flexibility index (Phi) is 5.65. The summed E-state index contributed by atoms with van der Waals surface area (Å²) in [6, 6.07) is 14.0. The first-order valence-corrected chi connectivity index (χ1v) is 11.4. The van der Waals surface area contributed by atoms with Crippen molar-refractivity contribution in [3.05, 3.63) is 77.8 Å². The third-order valence-electron chi connectivity index (χ3n) is 5.11. The molecule has 0 bridgehead atoms.